The molecule has 15 heavy (non-hydrogen) atoms. The first kappa shape index (κ1) is 12.6. The summed E-state index contributed by atoms with van der Waals surface area (Å²) in [7, 11) is 1.28. The van der Waals surface area contributed by atoms with E-state index in [2.05, 4.69) is 4.98 Å². The van der Waals surface area contributed by atoms with E-state index in [1.54, 1.807) is 22.6 Å². The van der Waals surface area contributed by atoms with Crippen molar-refractivity contribution < 1.29 is 18.3 Å². The van der Waals surface area contributed by atoms with Crippen LogP contribution in [0.1, 0.15) is 22.3 Å². The van der Waals surface area contributed by atoms with Gasteiger partial charge in [0.15, 0.2) is 0 Å². The van der Waals surface area contributed by atoms with Crippen molar-refractivity contribution in [1.29, 1.82) is 0 Å². The molecular formula is C8H5ClF2INO2. The van der Waals surface area contributed by atoms with E-state index in [4.69, 9.17) is 16.3 Å². The molecule has 3 nitrogen and oxygen atoms in total. The maximum absolute atomic E-state index is 12.5. The van der Waals surface area contributed by atoms with E-state index in [1.807, 2.05) is 0 Å². The zero-order valence-electron chi connectivity index (χ0n) is 7.43. The molecule has 1 aromatic rings. The molecule has 0 bridgehead atoms. The van der Waals surface area contributed by atoms with Crippen LogP contribution in [0.2, 0.25) is 0 Å². The van der Waals surface area contributed by atoms with Crippen molar-refractivity contribution >= 4 is 39.4 Å². The first-order chi connectivity index (χ1) is 6.97. The highest BCUT2D eigenvalue weighted by Gasteiger charge is 2.20. The van der Waals surface area contributed by atoms with Gasteiger partial charge in [-0.15, -0.1) is 0 Å². The number of rotatable bonds is 3. The van der Waals surface area contributed by atoms with Crippen LogP contribution in [0.15, 0.2) is 6.07 Å². The Balaban J connectivity index is 3.37. The lowest BCUT2D eigenvalue weighted by molar-refractivity contribution is 0.107. The third kappa shape index (κ3) is 2.75. The molecule has 0 aliphatic rings. The molecule has 0 radical (unpaired) electrons. The van der Waals surface area contributed by atoms with Crippen LogP contribution in [-0.4, -0.2) is 17.3 Å². The quantitative estimate of drug-likeness (QED) is 0.479. The first-order valence-corrected chi connectivity index (χ1v) is 5.15. The number of halogens is 4. The molecule has 0 amide bonds. The lowest BCUT2D eigenvalue weighted by atomic mass is 10.2. The molecule has 0 saturated carbocycles. The molecule has 0 aliphatic heterocycles. The van der Waals surface area contributed by atoms with Crippen LogP contribution in [0.25, 0.3) is 0 Å². The largest absolute Gasteiger partial charge is 0.480 e. The third-order valence-electron chi connectivity index (χ3n) is 1.61. The van der Waals surface area contributed by atoms with Crippen molar-refractivity contribution in [2.24, 2.45) is 0 Å². The van der Waals surface area contributed by atoms with Gasteiger partial charge >= 0.3 is 0 Å². The highest BCUT2D eigenvalue weighted by atomic mass is 127. The Morgan fingerprint density at radius 1 is 1.67 bits per heavy atom. The summed E-state index contributed by atoms with van der Waals surface area (Å²) in [5, 5.41) is -0.877. The molecule has 7 heteroatoms. The molecule has 1 heterocycles. The Hall–Kier alpha value is -0.500. The summed E-state index contributed by atoms with van der Waals surface area (Å²) in [4.78, 5) is 14.6. The molecular weight excluding hydrogens is 342 g/mol. The predicted octanol–water partition coefficient (Wildman–Crippen LogP) is 3.01. The normalized spacial score (nSPS) is 10.5. The second-order valence-electron chi connectivity index (χ2n) is 2.50. The maximum Gasteiger partial charge on any atom is 0.266 e. The highest BCUT2D eigenvalue weighted by molar-refractivity contribution is 14.1. The number of methoxy groups -OCH3 is 1. The lowest BCUT2D eigenvalue weighted by Crippen LogP contribution is -2.03. The molecule has 1 aromatic heterocycles. The average Bonchev–Trinajstić information content (AvgIpc) is 2.16. The summed E-state index contributed by atoms with van der Waals surface area (Å²) in [5.74, 6) is -0.0520. The summed E-state index contributed by atoms with van der Waals surface area (Å²) in [6.45, 7) is 0. The fourth-order valence-corrected chi connectivity index (χ4v) is 1.69. The van der Waals surface area contributed by atoms with Crippen LogP contribution in [0.5, 0.6) is 5.88 Å². The molecule has 1 rings (SSSR count). The molecule has 0 saturated heterocycles. The first-order valence-electron chi connectivity index (χ1n) is 3.69. The van der Waals surface area contributed by atoms with E-state index >= 15 is 0 Å². The molecule has 0 atom stereocenters. The van der Waals surface area contributed by atoms with Crippen LogP contribution < -0.4 is 4.74 Å². The van der Waals surface area contributed by atoms with Gasteiger partial charge in [-0.1, -0.05) is 0 Å². The standard InChI is InChI=1S/C8H5ClF2INO2/c1-15-8-3(5(9)14)2-4(6(10)11)7(12)13-8/h2,6H,1H3. The van der Waals surface area contributed by atoms with Crippen molar-refractivity contribution in [1.82, 2.24) is 4.98 Å². The third-order valence-corrected chi connectivity index (χ3v) is 2.68. The second-order valence-corrected chi connectivity index (χ2v) is 3.86. The number of hydrogen-bond acceptors (Lipinski definition) is 3. The number of ether oxygens (including phenoxy) is 1. The minimum absolute atomic E-state index is 0.0520. The zero-order chi connectivity index (χ0) is 11.6. The Morgan fingerprint density at radius 3 is 2.67 bits per heavy atom. The van der Waals surface area contributed by atoms with Crippen LogP contribution in [0.3, 0.4) is 0 Å². The van der Waals surface area contributed by atoms with Crippen molar-refractivity contribution in [3.63, 3.8) is 0 Å². The van der Waals surface area contributed by atoms with Gasteiger partial charge in [-0.3, -0.25) is 4.79 Å². The van der Waals surface area contributed by atoms with E-state index in [1.165, 1.54) is 7.11 Å². The highest BCUT2D eigenvalue weighted by Crippen LogP contribution is 2.28. The van der Waals surface area contributed by atoms with Crippen molar-refractivity contribution in [3.8, 4) is 5.88 Å². The minimum atomic E-state index is -2.70. The number of nitrogens with zero attached hydrogens (tertiary/aromatic N) is 1. The smallest absolute Gasteiger partial charge is 0.266 e. The maximum atomic E-state index is 12.5. The number of pyridine rings is 1. The molecule has 0 unspecified atom stereocenters. The molecule has 0 spiro atoms. The van der Waals surface area contributed by atoms with E-state index < -0.39 is 11.7 Å². The number of hydrogen-bond donors (Lipinski definition) is 0. The zero-order valence-corrected chi connectivity index (χ0v) is 10.3. The average molecular weight is 347 g/mol. The summed E-state index contributed by atoms with van der Waals surface area (Å²) in [5.41, 5.74) is -0.490. The van der Waals surface area contributed by atoms with E-state index in [9.17, 15) is 13.6 Å². The van der Waals surface area contributed by atoms with Gasteiger partial charge in [0.25, 0.3) is 11.7 Å². The van der Waals surface area contributed by atoms with Gasteiger partial charge in [0.2, 0.25) is 5.88 Å². The fourth-order valence-electron chi connectivity index (χ4n) is 0.940. The molecule has 82 valence electrons. The fraction of sp³-hybridized carbons (Fsp3) is 0.250. The molecule has 0 aromatic carbocycles. The van der Waals surface area contributed by atoms with Gasteiger partial charge < -0.3 is 4.74 Å². The van der Waals surface area contributed by atoms with Crippen molar-refractivity contribution in [3.05, 3.63) is 20.9 Å². The molecule has 0 fully saturated rings. The topological polar surface area (TPSA) is 39.2 Å². The van der Waals surface area contributed by atoms with Gasteiger partial charge in [-0.2, -0.15) is 0 Å². The summed E-state index contributed by atoms with van der Waals surface area (Å²) >= 11 is 6.85. The number of carbonyl (C=O) groups is 1. The Bertz CT molecular complexity index is 400. The monoisotopic (exact) mass is 347 g/mol. The van der Waals surface area contributed by atoms with E-state index in [0.717, 1.165) is 6.07 Å². The summed E-state index contributed by atoms with van der Waals surface area (Å²) in [6, 6.07) is 0.994. The Kier molecular flexibility index (Phi) is 4.21. The van der Waals surface area contributed by atoms with Crippen LogP contribution >= 0.6 is 34.2 Å². The van der Waals surface area contributed by atoms with Gasteiger partial charge in [-0.25, -0.2) is 13.8 Å². The van der Waals surface area contributed by atoms with Crippen LogP contribution in [0, 0.1) is 3.70 Å². The summed E-state index contributed by atoms with van der Waals surface area (Å²) in [6.07, 6.45) is -2.70. The van der Waals surface area contributed by atoms with Gasteiger partial charge in [-0.05, 0) is 40.3 Å². The van der Waals surface area contributed by atoms with Crippen LogP contribution in [-0.2, 0) is 0 Å². The lowest BCUT2D eigenvalue weighted by Gasteiger charge is -2.08. The molecule has 0 aliphatic carbocycles. The van der Waals surface area contributed by atoms with E-state index in [0.29, 0.717) is 0 Å². The Labute approximate surface area is 103 Å². The van der Waals surface area contributed by atoms with Crippen LogP contribution in [0.4, 0.5) is 8.78 Å². The molecule has 0 N–H and O–H groups in total. The minimum Gasteiger partial charge on any atom is -0.480 e. The van der Waals surface area contributed by atoms with Gasteiger partial charge in [0.1, 0.15) is 3.70 Å². The van der Waals surface area contributed by atoms with Crippen molar-refractivity contribution in [2.75, 3.05) is 7.11 Å². The predicted molar refractivity (Wildman–Crippen MR) is 58.6 cm³/mol. The number of aromatic nitrogens is 1. The van der Waals surface area contributed by atoms with Gasteiger partial charge in [0, 0.05) is 0 Å². The van der Waals surface area contributed by atoms with E-state index in [-0.39, 0.29) is 20.7 Å². The number of alkyl halides is 2. The van der Waals surface area contributed by atoms with Gasteiger partial charge in [0.05, 0.1) is 18.2 Å². The number of carbonyl (C=O) groups excluding carboxylic acids is 1. The SMILES string of the molecule is COc1nc(I)c(C(F)F)cc1C(=O)Cl. The summed E-state index contributed by atoms with van der Waals surface area (Å²) < 4.78 is 29.8. The Morgan fingerprint density at radius 2 is 2.27 bits per heavy atom. The van der Waals surface area contributed by atoms with Crippen molar-refractivity contribution in [2.45, 2.75) is 6.43 Å². The second kappa shape index (κ2) is 5.02.